The molecule has 0 aromatic carbocycles. The molecule has 1 rings (SSSR count). The van der Waals surface area contributed by atoms with Gasteiger partial charge < -0.3 is 14.8 Å². The van der Waals surface area contributed by atoms with E-state index in [-0.39, 0.29) is 3.92 Å². The van der Waals surface area contributed by atoms with E-state index >= 15 is 0 Å². The zero-order valence-corrected chi connectivity index (χ0v) is 10.6. The number of amides is 1. The van der Waals surface area contributed by atoms with Crippen LogP contribution in [0.2, 0.25) is 0 Å². The van der Waals surface area contributed by atoms with Crippen molar-refractivity contribution < 1.29 is 14.3 Å². The summed E-state index contributed by atoms with van der Waals surface area (Å²) in [6.45, 7) is 5.36. The molecule has 0 spiro atoms. The average Bonchev–Trinajstić information content (AvgIpc) is 2.58. The number of aldehydes is 1. The summed E-state index contributed by atoms with van der Waals surface area (Å²) in [4.78, 5) is 22.0. The van der Waals surface area contributed by atoms with Gasteiger partial charge in [0.25, 0.3) is 0 Å². The third kappa shape index (κ3) is 2.83. The number of alkyl halides is 1. The second-order valence-electron chi connectivity index (χ2n) is 4.46. The van der Waals surface area contributed by atoms with E-state index in [2.05, 4.69) is 27.9 Å². The van der Waals surface area contributed by atoms with Gasteiger partial charge in [0.05, 0.1) is 0 Å². The standard InChI is InChI=1S/C9H14INO3/c1-8(2,3)14-7(13)11-9(5-12)4-6(9)10/h5-6H,4H2,1-3H3,(H,11,13)/t6-,9+/m1/s1. The summed E-state index contributed by atoms with van der Waals surface area (Å²) >= 11 is 2.14. The predicted octanol–water partition coefficient (Wildman–Crippen LogP) is 1.66. The van der Waals surface area contributed by atoms with E-state index in [4.69, 9.17) is 4.74 Å². The van der Waals surface area contributed by atoms with E-state index in [1.54, 1.807) is 20.8 Å². The minimum atomic E-state index is -0.678. The van der Waals surface area contributed by atoms with Crippen molar-refractivity contribution >= 4 is 35.0 Å². The highest BCUT2D eigenvalue weighted by Crippen LogP contribution is 2.41. The maximum Gasteiger partial charge on any atom is 0.408 e. The van der Waals surface area contributed by atoms with Crippen molar-refractivity contribution in [2.24, 2.45) is 0 Å². The predicted molar refractivity (Wildman–Crippen MR) is 60.6 cm³/mol. The smallest absolute Gasteiger partial charge is 0.408 e. The molecule has 5 heteroatoms. The Labute approximate surface area is 96.9 Å². The molecule has 0 unspecified atom stereocenters. The summed E-state index contributed by atoms with van der Waals surface area (Å²) in [6.07, 6.45) is 0.952. The van der Waals surface area contributed by atoms with Gasteiger partial charge in [0.1, 0.15) is 17.4 Å². The Morgan fingerprint density at radius 1 is 1.64 bits per heavy atom. The van der Waals surface area contributed by atoms with E-state index in [1.807, 2.05) is 0 Å². The highest BCUT2D eigenvalue weighted by atomic mass is 127. The Kier molecular flexibility index (Phi) is 3.08. The van der Waals surface area contributed by atoms with Gasteiger partial charge >= 0.3 is 6.09 Å². The Hall–Kier alpha value is -0.330. The van der Waals surface area contributed by atoms with Gasteiger partial charge in [-0.2, -0.15) is 0 Å². The van der Waals surface area contributed by atoms with Crippen LogP contribution < -0.4 is 5.32 Å². The van der Waals surface area contributed by atoms with Crippen molar-refractivity contribution in [3.05, 3.63) is 0 Å². The number of ether oxygens (including phenoxy) is 1. The van der Waals surface area contributed by atoms with Gasteiger partial charge in [0.2, 0.25) is 0 Å². The number of hydrogen-bond acceptors (Lipinski definition) is 3. The van der Waals surface area contributed by atoms with Crippen LogP contribution in [0.1, 0.15) is 27.2 Å². The Balaban J connectivity index is 2.46. The first-order valence-corrected chi connectivity index (χ1v) is 5.65. The molecule has 0 bridgehead atoms. The average molecular weight is 311 g/mol. The van der Waals surface area contributed by atoms with E-state index in [9.17, 15) is 9.59 Å². The summed E-state index contributed by atoms with van der Waals surface area (Å²) in [7, 11) is 0. The molecule has 80 valence electrons. The minimum Gasteiger partial charge on any atom is -0.444 e. The maximum atomic E-state index is 11.3. The fourth-order valence-corrected chi connectivity index (χ4v) is 2.04. The monoisotopic (exact) mass is 311 g/mol. The number of carbonyl (C=O) groups excluding carboxylic acids is 2. The van der Waals surface area contributed by atoms with Crippen LogP contribution in [-0.2, 0) is 9.53 Å². The van der Waals surface area contributed by atoms with Crippen molar-refractivity contribution in [3.63, 3.8) is 0 Å². The van der Waals surface area contributed by atoms with Crippen LogP contribution in [0.3, 0.4) is 0 Å². The van der Waals surface area contributed by atoms with Crippen LogP contribution in [0.15, 0.2) is 0 Å². The normalized spacial score (nSPS) is 30.7. The number of rotatable bonds is 2. The molecule has 1 aliphatic carbocycles. The Morgan fingerprint density at radius 3 is 2.43 bits per heavy atom. The molecule has 1 N–H and O–H groups in total. The number of nitrogens with one attached hydrogen (secondary N) is 1. The topological polar surface area (TPSA) is 55.4 Å². The fraction of sp³-hybridized carbons (Fsp3) is 0.778. The number of halogens is 1. The van der Waals surface area contributed by atoms with Gasteiger partial charge in [-0.3, -0.25) is 0 Å². The molecule has 0 aromatic heterocycles. The highest BCUT2D eigenvalue weighted by Gasteiger charge is 2.54. The van der Waals surface area contributed by atoms with Crippen molar-refractivity contribution in [3.8, 4) is 0 Å². The van der Waals surface area contributed by atoms with Gasteiger partial charge in [-0.15, -0.1) is 0 Å². The van der Waals surface area contributed by atoms with E-state index in [0.717, 1.165) is 6.29 Å². The highest BCUT2D eigenvalue weighted by molar-refractivity contribution is 14.1. The van der Waals surface area contributed by atoms with Crippen LogP contribution in [0, 0.1) is 0 Å². The molecule has 1 aliphatic rings. The molecule has 1 saturated carbocycles. The SMILES string of the molecule is CC(C)(C)OC(=O)N[C@]1(C=O)C[C@H]1I. The summed E-state index contributed by atoms with van der Waals surface area (Å²) in [6, 6.07) is 0. The second kappa shape index (κ2) is 3.67. The van der Waals surface area contributed by atoms with Gasteiger partial charge in [-0.05, 0) is 27.2 Å². The molecule has 2 atom stereocenters. The molecular weight excluding hydrogens is 297 g/mol. The Bertz CT molecular complexity index is 261. The number of hydrogen-bond donors (Lipinski definition) is 1. The van der Waals surface area contributed by atoms with Crippen molar-refractivity contribution in [1.29, 1.82) is 0 Å². The van der Waals surface area contributed by atoms with Crippen LogP contribution in [0.25, 0.3) is 0 Å². The van der Waals surface area contributed by atoms with Gasteiger partial charge in [-0.1, -0.05) is 22.6 Å². The Morgan fingerprint density at radius 2 is 2.14 bits per heavy atom. The largest absolute Gasteiger partial charge is 0.444 e. The lowest BCUT2D eigenvalue weighted by Gasteiger charge is -2.21. The first-order chi connectivity index (χ1) is 6.29. The second-order valence-corrected chi connectivity index (χ2v) is 5.96. The first kappa shape index (κ1) is 11.7. The van der Waals surface area contributed by atoms with Crippen molar-refractivity contribution in [2.45, 2.75) is 42.3 Å². The third-order valence-corrected chi connectivity index (χ3v) is 3.41. The molecule has 0 heterocycles. The zero-order chi connectivity index (χ0) is 11.0. The molecule has 0 saturated heterocycles. The molecule has 4 nitrogen and oxygen atoms in total. The summed E-state index contributed by atoms with van der Waals surface area (Å²) in [5, 5.41) is 2.59. The van der Waals surface area contributed by atoms with Crippen LogP contribution in [-0.4, -0.2) is 27.4 Å². The lowest BCUT2D eigenvalue weighted by molar-refractivity contribution is -0.110. The number of carbonyl (C=O) groups is 2. The van der Waals surface area contributed by atoms with E-state index in [0.29, 0.717) is 6.42 Å². The van der Waals surface area contributed by atoms with Crippen molar-refractivity contribution in [1.82, 2.24) is 5.32 Å². The molecule has 1 amide bonds. The fourth-order valence-electron chi connectivity index (χ4n) is 1.01. The van der Waals surface area contributed by atoms with Crippen LogP contribution >= 0.6 is 22.6 Å². The molecule has 0 aliphatic heterocycles. The summed E-state index contributed by atoms with van der Waals surface area (Å²) in [5.74, 6) is 0. The molecule has 0 radical (unpaired) electrons. The third-order valence-electron chi connectivity index (χ3n) is 1.86. The molecule has 14 heavy (non-hydrogen) atoms. The van der Waals surface area contributed by atoms with Crippen LogP contribution in [0.4, 0.5) is 4.79 Å². The molecule has 0 aromatic rings. The lowest BCUT2D eigenvalue weighted by Crippen LogP contribution is -2.43. The first-order valence-electron chi connectivity index (χ1n) is 4.41. The van der Waals surface area contributed by atoms with E-state index in [1.165, 1.54) is 0 Å². The number of alkyl carbamates (subject to hydrolysis) is 1. The maximum absolute atomic E-state index is 11.3. The quantitative estimate of drug-likeness (QED) is 0.479. The molecular formula is C9H14INO3. The van der Waals surface area contributed by atoms with Crippen molar-refractivity contribution in [2.75, 3.05) is 0 Å². The van der Waals surface area contributed by atoms with Crippen LogP contribution in [0.5, 0.6) is 0 Å². The lowest BCUT2D eigenvalue weighted by atomic mass is 10.2. The van der Waals surface area contributed by atoms with E-state index < -0.39 is 17.2 Å². The minimum absolute atomic E-state index is 0.185. The summed E-state index contributed by atoms with van der Waals surface area (Å²) in [5.41, 5.74) is -1.20. The van der Waals surface area contributed by atoms with Gasteiger partial charge in [0, 0.05) is 3.92 Å². The van der Waals surface area contributed by atoms with Gasteiger partial charge in [0.15, 0.2) is 0 Å². The van der Waals surface area contributed by atoms with Gasteiger partial charge in [-0.25, -0.2) is 4.79 Å². The summed E-state index contributed by atoms with van der Waals surface area (Å²) < 4.78 is 5.24. The zero-order valence-electron chi connectivity index (χ0n) is 8.46. The molecule has 1 fully saturated rings.